The lowest BCUT2D eigenvalue weighted by molar-refractivity contribution is -0.134. The smallest absolute Gasteiger partial charge is 0.409 e. The van der Waals surface area contributed by atoms with Crippen LogP contribution in [0.4, 0.5) is 4.79 Å². The molecule has 2 aliphatic rings. The van der Waals surface area contributed by atoms with E-state index in [0.717, 1.165) is 11.6 Å². The quantitative estimate of drug-likeness (QED) is 0.764. The number of hydrogen-bond acceptors (Lipinski definition) is 5. The number of carbonyl (C=O) groups is 2. The van der Waals surface area contributed by atoms with Crippen LogP contribution in [0.2, 0.25) is 0 Å². The van der Waals surface area contributed by atoms with Gasteiger partial charge in [0, 0.05) is 37.8 Å². The average Bonchev–Trinajstić information content (AvgIpc) is 2.92. The zero-order valence-electron chi connectivity index (χ0n) is 10.6. The summed E-state index contributed by atoms with van der Waals surface area (Å²) in [7, 11) is 0. The molecule has 0 saturated carbocycles. The Morgan fingerprint density at radius 1 is 1.28 bits per heavy atom. The molecule has 0 bridgehead atoms. The van der Waals surface area contributed by atoms with Crippen LogP contribution in [-0.4, -0.2) is 72.3 Å². The lowest BCUT2D eigenvalue weighted by Gasteiger charge is -2.35. The van der Waals surface area contributed by atoms with Crippen LogP contribution in [0.5, 0.6) is 0 Å². The molecule has 1 unspecified atom stereocenters. The first-order chi connectivity index (χ1) is 8.72. The highest BCUT2D eigenvalue weighted by atomic mass is 32.2. The molecule has 0 radical (unpaired) electrons. The molecular weight excluding hydrogens is 254 g/mol. The van der Waals surface area contributed by atoms with Crippen LogP contribution in [0.15, 0.2) is 0 Å². The summed E-state index contributed by atoms with van der Waals surface area (Å²) in [4.78, 5) is 27.1. The number of rotatable bonds is 2. The van der Waals surface area contributed by atoms with Crippen LogP contribution in [0, 0.1) is 0 Å². The van der Waals surface area contributed by atoms with Crippen molar-refractivity contribution in [2.75, 3.05) is 44.4 Å². The van der Waals surface area contributed by atoms with E-state index in [2.05, 4.69) is 5.32 Å². The average molecular weight is 273 g/mol. The molecule has 1 atom stereocenters. The summed E-state index contributed by atoms with van der Waals surface area (Å²) in [6.07, 6.45) is -0.279. The highest BCUT2D eigenvalue weighted by Gasteiger charge is 2.30. The predicted octanol–water partition coefficient (Wildman–Crippen LogP) is -0.0504. The fourth-order valence-electron chi connectivity index (χ4n) is 2.10. The molecule has 0 aromatic heterocycles. The van der Waals surface area contributed by atoms with Crippen molar-refractivity contribution in [3.8, 4) is 0 Å². The second kappa shape index (κ2) is 6.29. The Morgan fingerprint density at radius 2 is 1.94 bits per heavy atom. The van der Waals surface area contributed by atoms with Gasteiger partial charge >= 0.3 is 6.09 Å². The van der Waals surface area contributed by atoms with E-state index < -0.39 is 0 Å². The minimum atomic E-state index is -0.279. The summed E-state index contributed by atoms with van der Waals surface area (Å²) < 4.78 is 4.94. The standard InChI is InChI=1S/C11H19N3O3S/c1-2-17-11(16)14-5-3-13(4-6-14)10(15)9-7-18-8-12-9/h9,12H,2-8H2,1H3. The summed E-state index contributed by atoms with van der Waals surface area (Å²) in [6.45, 7) is 4.50. The first kappa shape index (κ1) is 13.5. The van der Waals surface area contributed by atoms with Crippen molar-refractivity contribution in [3.05, 3.63) is 0 Å². The van der Waals surface area contributed by atoms with E-state index >= 15 is 0 Å². The molecule has 7 heteroatoms. The Balaban J connectivity index is 1.79. The van der Waals surface area contributed by atoms with Gasteiger partial charge in [-0.15, -0.1) is 11.8 Å². The summed E-state index contributed by atoms with van der Waals surface area (Å²) in [5.41, 5.74) is 0. The monoisotopic (exact) mass is 273 g/mol. The Bertz CT molecular complexity index is 313. The molecule has 0 aromatic rings. The van der Waals surface area contributed by atoms with Crippen molar-refractivity contribution in [2.45, 2.75) is 13.0 Å². The van der Waals surface area contributed by atoms with E-state index in [0.29, 0.717) is 32.8 Å². The maximum absolute atomic E-state index is 12.1. The first-order valence-electron chi connectivity index (χ1n) is 6.24. The van der Waals surface area contributed by atoms with Crippen molar-refractivity contribution in [1.82, 2.24) is 15.1 Å². The Morgan fingerprint density at radius 3 is 2.50 bits per heavy atom. The molecule has 1 N–H and O–H groups in total. The third-order valence-electron chi connectivity index (χ3n) is 3.13. The van der Waals surface area contributed by atoms with Gasteiger partial charge in [-0.1, -0.05) is 0 Å². The van der Waals surface area contributed by atoms with Crippen LogP contribution in [-0.2, 0) is 9.53 Å². The lowest BCUT2D eigenvalue weighted by atomic mass is 10.2. The SMILES string of the molecule is CCOC(=O)N1CCN(C(=O)C2CSCN2)CC1. The predicted molar refractivity (Wildman–Crippen MR) is 69.4 cm³/mol. The summed E-state index contributed by atoms with van der Waals surface area (Å²) in [6, 6.07) is -0.0517. The molecule has 2 fully saturated rings. The van der Waals surface area contributed by atoms with Gasteiger partial charge in [0.05, 0.1) is 12.6 Å². The number of thioether (sulfide) groups is 1. The van der Waals surface area contributed by atoms with Gasteiger partial charge in [0.2, 0.25) is 5.91 Å². The molecular formula is C11H19N3O3S. The maximum atomic E-state index is 12.1. The topological polar surface area (TPSA) is 61.9 Å². The van der Waals surface area contributed by atoms with E-state index in [9.17, 15) is 9.59 Å². The maximum Gasteiger partial charge on any atom is 0.409 e. The summed E-state index contributed by atoms with van der Waals surface area (Å²) in [5.74, 6) is 1.85. The van der Waals surface area contributed by atoms with Crippen molar-refractivity contribution >= 4 is 23.8 Å². The highest BCUT2D eigenvalue weighted by Crippen LogP contribution is 2.13. The van der Waals surface area contributed by atoms with Gasteiger partial charge in [0.15, 0.2) is 0 Å². The second-order valence-electron chi connectivity index (χ2n) is 4.28. The van der Waals surface area contributed by atoms with Gasteiger partial charge in [-0.2, -0.15) is 0 Å². The number of piperazine rings is 1. The molecule has 2 amide bonds. The van der Waals surface area contributed by atoms with Gasteiger partial charge in [0.1, 0.15) is 0 Å². The van der Waals surface area contributed by atoms with Crippen LogP contribution in [0.1, 0.15) is 6.92 Å². The van der Waals surface area contributed by atoms with E-state index in [-0.39, 0.29) is 18.0 Å². The van der Waals surface area contributed by atoms with E-state index in [1.807, 2.05) is 4.90 Å². The molecule has 6 nitrogen and oxygen atoms in total. The molecule has 2 rings (SSSR count). The van der Waals surface area contributed by atoms with Gasteiger partial charge in [-0.3, -0.25) is 10.1 Å². The van der Waals surface area contributed by atoms with Gasteiger partial charge in [-0.05, 0) is 6.92 Å². The van der Waals surface area contributed by atoms with E-state index in [1.165, 1.54) is 0 Å². The number of ether oxygens (including phenoxy) is 1. The van der Waals surface area contributed by atoms with Crippen LogP contribution in [0.3, 0.4) is 0 Å². The molecule has 2 heterocycles. The minimum absolute atomic E-state index is 0.0517. The number of hydrogen-bond donors (Lipinski definition) is 1. The molecule has 2 saturated heterocycles. The fraction of sp³-hybridized carbons (Fsp3) is 0.818. The third-order valence-corrected chi connectivity index (χ3v) is 4.07. The van der Waals surface area contributed by atoms with Crippen LogP contribution < -0.4 is 5.32 Å². The number of nitrogens with one attached hydrogen (secondary N) is 1. The molecule has 0 aliphatic carbocycles. The number of amides is 2. The van der Waals surface area contributed by atoms with E-state index in [4.69, 9.17) is 4.74 Å². The van der Waals surface area contributed by atoms with Crippen molar-refractivity contribution in [2.24, 2.45) is 0 Å². The van der Waals surface area contributed by atoms with Crippen LogP contribution >= 0.6 is 11.8 Å². The second-order valence-corrected chi connectivity index (χ2v) is 5.31. The summed E-state index contributed by atoms with van der Waals surface area (Å²) >= 11 is 1.74. The Kier molecular flexibility index (Phi) is 4.71. The Labute approximate surface area is 111 Å². The number of nitrogens with zero attached hydrogens (tertiary/aromatic N) is 2. The molecule has 0 spiro atoms. The third kappa shape index (κ3) is 3.08. The van der Waals surface area contributed by atoms with Gasteiger partial charge in [-0.25, -0.2) is 4.79 Å². The van der Waals surface area contributed by atoms with Crippen LogP contribution in [0.25, 0.3) is 0 Å². The Hall–Kier alpha value is -0.950. The molecule has 18 heavy (non-hydrogen) atoms. The highest BCUT2D eigenvalue weighted by molar-refractivity contribution is 7.99. The van der Waals surface area contributed by atoms with Crippen molar-refractivity contribution in [3.63, 3.8) is 0 Å². The van der Waals surface area contributed by atoms with Crippen molar-refractivity contribution < 1.29 is 14.3 Å². The molecule has 0 aromatic carbocycles. The van der Waals surface area contributed by atoms with Gasteiger partial charge in [0.25, 0.3) is 0 Å². The summed E-state index contributed by atoms with van der Waals surface area (Å²) in [5, 5.41) is 3.17. The zero-order chi connectivity index (χ0) is 13.0. The normalized spacial score (nSPS) is 24.2. The lowest BCUT2D eigenvalue weighted by Crippen LogP contribution is -2.54. The number of carbonyl (C=O) groups excluding carboxylic acids is 2. The zero-order valence-corrected chi connectivity index (χ0v) is 11.4. The largest absolute Gasteiger partial charge is 0.450 e. The molecule has 2 aliphatic heterocycles. The fourth-order valence-corrected chi connectivity index (χ4v) is 3.03. The van der Waals surface area contributed by atoms with Gasteiger partial charge < -0.3 is 14.5 Å². The first-order valence-corrected chi connectivity index (χ1v) is 7.39. The van der Waals surface area contributed by atoms with E-state index in [1.54, 1.807) is 23.6 Å². The minimum Gasteiger partial charge on any atom is -0.450 e. The van der Waals surface area contributed by atoms with Crippen molar-refractivity contribution in [1.29, 1.82) is 0 Å². The molecule has 102 valence electrons.